The zero-order valence-electron chi connectivity index (χ0n) is 9.75. The maximum Gasteiger partial charge on any atom is 0.0962 e. The van der Waals surface area contributed by atoms with Crippen LogP contribution in [-0.2, 0) is 6.42 Å². The summed E-state index contributed by atoms with van der Waals surface area (Å²) in [6, 6.07) is 0. The molecule has 1 rings (SSSR count). The molecule has 4 nitrogen and oxygen atoms in total. The number of nitrogens with zero attached hydrogens (tertiary/aromatic N) is 2. The van der Waals surface area contributed by atoms with E-state index in [0.717, 1.165) is 30.9 Å². The van der Waals surface area contributed by atoms with Crippen molar-refractivity contribution in [3.8, 4) is 0 Å². The average Bonchev–Trinajstić information content (AvgIpc) is 2.58. The summed E-state index contributed by atoms with van der Waals surface area (Å²) in [6.45, 7) is 6.95. The normalized spacial score (nSPS) is 12.4. The largest absolute Gasteiger partial charge is 0.387 e. The van der Waals surface area contributed by atoms with E-state index in [9.17, 15) is 0 Å². The van der Waals surface area contributed by atoms with Gasteiger partial charge < -0.3 is 5.73 Å². The van der Waals surface area contributed by atoms with Gasteiger partial charge in [0, 0.05) is 18.2 Å². The quantitative estimate of drug-likeness (QED) is 0.439. The SMILES string of the molecule is Cc1[nH]ncc1CCCN=C(N)C(C)C. The molecular weight excluding hydrogens is 188 g/mol. The number of nitrogens with two attached hydrogens (primary N) is 1. The van der Waals surface area contributed by atoms with E-state index in [1.807, 2.05) is 13.1 Å². The van der Waals surface area contributed by atoms with Crippen LogP contribution in [0.2, 0.25) is 0 Å². The van der Waals surface area contributed by atoms with Crippen molar-refractivity contribution in [2.45, 2.75) is 33.6 Å². The molecule has 4 heteroatoms. The van der Waals surface area contributed by atoms with E-state index < -0.39 is 0 Å². The number of aromatic amines is 1. The van der Waals surface area contributed by atoms with Crippen LogP contribution in [0.4, 0.5) is 0 Å². The third-order valence-electron chi connectivity index (χ3n) is 2.42. The molecule has 1 aromatic rings. The van der Waals surface area contributed by atoms with Crippen molar-refractivity contribution in [1.82, 2.24) is 10.2 Å². The Morgan fingerprint density at radius 1 is 1.60 bits per heavy atom. The first kappa shape index (κ1) is 11.8. The first-order valence-corrected chi connectivity index (χ1v) is 5.40. The van der Waals surface area contributed by atoms with Crippen molar-refractivity contribution in [3.63, 3.8) is 0 Å². The predicted molar refractivity (Wildman–Crippen MR) is 63.0 cm³/mol. The Balaban J connectivity index is 2.29. The number of aryl methyl sites for hydroxylation is 2. The molecule has 0 aliphatic heterocycles. The third kappa shape index (κ3) is 3.73. The molecule has 1 heterocycles. The summed E-state index contributed by atoms with van der Waals surface area (Å²) >= 11 is 0. The van der Waals surface area contributed by atoms with Gasteiger partial charge in [0.15, 0.2) is 0 Å². The highest BCUT2D eigenvalue weighted by Gasteiger charge is 2.00. The highest BCUT2D eigenvalue weighted by molar-refractivity contribution is 5.82. The number of rotatable bonds is 5. The van der Waals surface area contributed by atoms with Gasteiger partial charge in [-0.05, 0) is 25.3 Å². The van der Waals surface area contributed by atoms with E-state index >= 15 is 0 Å². The van der Waals surface area contributed by atoms with Crippen LogP contribution in [0.3, 0.4) is 0 Å². The fourth-order valence-electron chi connectivity index (χ4n) is 1.29. The van der Waals surface area contributed by atoms with Gasteiger partial charge in [-0.2, -0.15) is 5.10 Å². The van der Waals surface area contributed by atoms with E-state index in [0.29, 0.717) is 5.92 Å². The fraction of sp³-hybridized carbons (Fsp3) is 0.636. The van der Waals surface area contributed by atoms with Gasteiger partial charge in [-0.3, -0.25) is 10.1 Å². The lowest BCUT2D eigenvalue weighted by Crippen LogP contribution is -2.19. The van der Waals surface area contributed by atoms with Crippen molar-refractivity contribution in [2.75, 3.05) is 6.54 Å². The standard InChI is InChI=1S/C11H20N4/c1-8(2)11(12)13-6-4-5-10-7-14-15-9(10)3/h7-8H,4-6H2,1-3H3,(H2,12,13)(H,14,15). The number of aromatic nitrogens is 2. The van der Waals surface area contributed by atoms with E-state index in [2.05, 4.69) is 29.0 Å². The third-order valence-corrected chi connectivity index (χ3v) is 2.42. The smallest absolute Gasteiger partial charge is 0.0962 e. The first-order valence-electron chi connectivity index (χ1n) is 5.40. The van der Waals surface area contributed by atoms with Crippen LogP contribution >= 0.6 is 0 Å². The van der Waals surface area contributed by atoms with Crippen LogP contribution in [0.5, 0.6) is 0 Å². The summed E-state index contributed by atoms with van der Waals surface area (Å²) in [4.78, 5) is 4.32. The minimum atomic E-state index is 0.348. The molecule has 84 valence electrons. The van der Waals surface area contributed by atoms with Crippen LogP contribution in [-0.4, -0.2) is 22.6 Å². The fourth-order valence-corrected chi connectivity index (χ4v) is 1.29. The first-order chi connectivity index (χ1) is 7.11. The molecule has 0 saturated carbocycles. The van der Waals surface area contributed by atoms with Gasteiger partial charge in [0.05, 0.1) is 12.0 Å². The number of nitrogens with one attached hydrogen (secondary N) is 1. The van der Waals surface area contributed by atoms with E-state index in [1.165, 1.54) is 5.56 Å². The molecule has 0 atom stereocenters. The summed E-state index contributed by atoms with van der Waals surface area (Å²) in [5.74, 6) is 1.10. The highest BCUT2D eigenvalue weighted by Crippen LogP contribution is 2.05. The van der Waals surface area contributed by atoms with Crippen molar-refractivity contribution in [3.05, 3.63) is 17.5 Å². The Kier molecular flexibility index (Phi) is 4.34. The zero-order chi connectivity index (χ0) is 11.3. The molecule has 0 amide bonds. The zero-order valence-corrected chi connectivity index (χ0v) is 9.75. The number of H-pyrrole nitrogens is 1. The predicted octanol–water partition coefficient (Wildman–Crippen LogP) is 1.66. The van der Waals surface area contributed by atoms with Crippen molar-refractivity contribution in [1.29, 1.82) is 0 Å². The van der Waals surface area contributed by atoms with Gasteiger partial charge in [0.2, 0.25) is 0 Å². The Morgan fingerprint density at radius 2 is 2.33 bits per heavy atom. The van der Waals surface area contributed by atoms with Gasteiger partial charge in [0.1, 0.15) is 0 Å². The molecule has 3 N–H and O–H groups in total. The van der Waals surface area contributed by atoms with Gasteiger partial charge in [-0.15, -0.1) is 0 Å². The van der Waals surface area contributed by atoms with Gasteiger partial charge in [0.25, 0.3) is 0 Å². The average molecular weight is 208 g/mol. The molecule has 0 fully saturated rings. The Bertz CT molecular complexity index is 325. The summed E-state index contributed by atoms with van der Waals surface area (Å²) < 4.78 is 0. The van der Waals surface area contributed by atoms with Crippen LogP contribution in [0.15, 0.2) is 11.2 Å². The van der Waals surface area contributed by atoms with Gasteiger partial charge in [-0.25, -0.2) is 0 Å². The Hall–Kier alpha value is -1.32. The summed E-state index contributed by atoms with van der Waals surface area (Å²) in [5, 5.41) is 6.90. The van der Waals surface area contributed by atoms with Crippen LogP contribution in [0.25, 0.3) is 0 Å². The van der Waals surface area contributed by atoms with Crippen molar-refractivity contribution < 1.29 is 0 Å². The van der Waals surface area contributed by atoms with Crippen LogP contribution in [0.1, 0.15) is 31.5 Å². The lowest BCUT2D eigenvalue weighted by Gasteiger charge is -2.03. The molecule has 15 heavy (non-hydrogen) atoms. The molecule has 0 spiro atoms. The monoisotopic (exact) mass is 208 g/mol. The molecule has 0 radical (unpaired) electrons. The Morgan fingerprint density at radius 3 is 2.87 bits per heavy atom. The lowest BCUT2D eigenvalue weighted by atomic mass is 10.1. The second-order valence-corrected chi connectivity index (χ2v) is 4.09. The maximum atomic E-state index is 5.74. The number of aliphatic imine (C=N–C) groups is 1. The summed E-state index contributed by atoms with van der Waals surface area (Å²) in [5.41, 5.74) is 8.16. The number of hydrogen-bond donors (Lipinski definition) is 2. The Labute approximate surface area is 91.0 Å². The molecule has 0 unspecified atom stereocenters. The second kappa shape index (κ2) is 5.53. The summed E-state index contributed by atoms with van der Waals surface area (Å²) in [6.07, 6.45) is 3.91. The lowest BCUT2D eigenvalue weighted by molar-refractivity contribution is 0.802. The van der Waals surface area contributed by atoms with Crippen molar-refractivity contribution in [2.24, 2.45) is 16.6 Å². The topological polar surface area (TPSA) is 67.1 Å². The van der Waals surface area contributed by atoms with Crippen molar-refractivity contribution >= 4 is 5.84 Å². The molecule has 0 aliphatic carbocycles. The second-order valence-electron chi connectivity index (χ2n) is 4.09. The molecule has 0 aliphatic rings. The number of hydrogen-bond acceptors (Lipinski definition) is 2. The minimum Gasteiger partial charge on any atom is -0.387 e. The van der Waals surface area contributed by atoms with Crippen LogP contribution < -0.4 is 5.73 Å². The van der Waals surface area contributed by atoms with E-state index in [-0.39, 0.29) is 0 Å². The molecule has 0 saturated heterocycles. The van der Waals surface area contributed by atoms with Gasteiger partial charge in [-0.1, -0.05) is 13.8 Å². The van der Waals surface area contributed by atoms with Crippen LogP contribution in [0, 0.1) is 12.8 Å². The maximum absolute atomic E-state index is 5.74. The highest BCUT2D eigenvalue weighted by atomic mass is 15.1. The molecule has 0 aromatic carbocycles. The van der Waals surface area contributed by atoms with E-state index in [1.54, 1.807) is 0 Å². The molecule has 1 aromatic heterocycles. The summed E-state index contributed by atoms with van der Waals surface area (Å²) in [7, 11) is 0. The van der Waals surface area contributed by atoms with E-state index in [4.69, 9.17) is 5.73 Å². The molecular formula is C11H20N4. The van der Waals surface area contributed by atoms with Gasteiger partial charge >= 0.3 is 0 Å². The minimum absolute atomic E-state index is 0.348. The molecule has 0 bridgehead atoms. The number of amidine groups is 1.